The Balaban J connectivity index is 1.73. The van der Waals surface area contributed by atoms with E-state index >= 15 is 0 Å². The number of amides is 2. The summed E-state index contributed by atoms with van der Waals surface area (Å²) in [5, 5.41) is 20.0. The molecule has 2 aromatic rings. The number of carbonyl (C=O) groups is 1. The van der Waals surface area contributed by atoms with Crippen molar-refractivity contribution in [3.05, 3.63) is 41.1 Å². The molecule has 0 aromatic carbocycles. The SMILES string of the molecule is Cc1nn(C)c(C)c1CCNC(=O)N[C@H](C)C[C@@H](O)c1ccco1. The first-order chi connectivity index (χ1) is 11.4. The molecule has 2 heterocycles. The van der Waals surface area contributed by atoms with Gasteiger partial charge in [-0.3, -0.25) is 4.68 Å². The van der Waals surface area contributed by atoms with E-state index in [9.17, 15) is 9.90 Å². The Labute approximate surface area is 142 Å². The van der Waals surface area contributed by atoms with Gasteiger partial charge >= 0.3 is 6.03 Å². The Morgan fingerprint density at radius 3 is 2.79 bits per heavy atom. The Bertz CT molecular complexity index is 664. The largest absolute Gasteiger partial charge is 0.467 e. The van der Waals surface area contributed by atoms with Crippen LogP contribution in [-0.4, -0.2) is 33.5 Å². The van der Waals surface area contributed by atoms with Gasteiger partial charge in [-0.1, -0.05) is 0 Å². The number of hydrogen-bond acceptors (Lipinski definition) is 4. The summed E-state index contributed by atoms with van der Waals surface area (Å²) >= 11 is 0. The lowest BCUT2D eigenvalue weighted by Gasteiger charge is -2.17. The minimum atomic E-state index is -0.726. The molecule has 0 unspecified atom stereocenters. The molecular weight excluding hydrogens is 308 g/mol. The zero-order chi connectivity index (χ0) is 17.7. The number of furan rings is 1. The number of nitrogens with one attached hydrogen (secondary N) is 2. The maximum atomic E-state index is 11.9. The van der Waals surface area contributed by atoms with Gasteiger partial charge in [0.15, 0.2) is 0 Å². The number of nitrogens with zero attached hydrogens (tertiary/aromatic N) is 2. The van der Waals surface area contributed by atoms with Crippen LogP contribution >= 0.6 is 0 Å². The fraction of sp³-hybridized carbons (Fsp3) is 0.529. The van der Waals surface area contributed by atoms with E-state index in [4.69, 9.17) is 4.42 Å². The first-order valence-electron chi connectivity index (χ1n) is 8.13. The van der Waals surface area contributed by atoms with Gasteiger partial charge in [-0.25, -0.2) is 4.79 Å². The number of aliphatic hydroxyl groups is 1. The van der Waals surface area contributed by atoms with Crippen molar-refractivity contribution in [2.24, 2.45) is 7.05 Å². The van der Waals surface area contributed by atoms with E-state index < -0.39 is 6.10 Å². The van der Waals surface area contributed by atoms with Crippen LogP contribution in [0, 0.1) is 13.8 Å². The fourth-order valence-corrected chi connectivity index (χ4v) is 2.75. The molecule has 132 valence electrons. The summed E-state index contributed by atoms with van der Waals surface area (Å²) in [5.41, 5.74) is 3.27. The van der Waals surface area contributed by atoms with Crippen molar-refractivity contribution >= 4 is 6.03 Å². The van der Waals surface area contributed by atoms with Crippen molar-refractivity contribution in [1.82, 2.24) is 20.4 Å². The van der Waals surface area contributed by atoms with Crippen LogP contribution in [0.1, 0.15) is 42.2 Å². The molecule has 0 aliphatic carbocycles. The first-order valence-corrected chi connectivity index (χ1v) is 8.13. The van der Waals surface area contributed by atoms with Gasteiger partial charge < -0.3 is 20.2 Å². The molecule has 2 atom stereocenters. The number of hydrogen-bond donors (Lipinski definition) is 3. The summed E-state index contributed by atoms with van der Waals surface area (Å²) < 4.78 is 7.00. The van der Waals surface area contributed by atoms with Crippen LogP contribution < -0.4 is 10.6 Å². The normalized spacial score (nSPS) is 13.5. The summed E-state index contributed by atoms with van der Waals surface area (Å²) in [4.78, 5) is 11.9. The molecule has 0 spiro atoms. The predicted molar refractivity (Wildman–Crippen MR) is 90.7 cm³/mol. The summed E-state index contributed by atoms with van der Waals surface area (Å²) in [6, 6.07) is 3.03. The van der Waals surface area contributed by atoms with Crippen molar-refractivity contribution in [3.63, 3.8) is 0 Å². The average molecular weight is 334 g/mol. The van der Waals surface area contributed by atoms with Crippen molar-refractivity contribution in [2.45, 2.75) is 45.8 Å². The molecule has 0 saturated heterocycles. The van der Waals surface area contributed by atoms with Gasteiger partial charge in [0.1, 0.15) is 11.9 Å². The molecule has 2 rings (SSSR count). The Morgan fingerprint density at radius 1 is 1.46 bits per heavy atom. The molecule has 0 bridgehead atoms. The molecule has 0 radical (unpaired) electrons. The minimum Gasteiger partial charge on any atom is -0.467 e. The van der Waals surface area contributed by atoms with Gasteiger partial charge in [0.05, 0.1) is 12.0 Å². The summed E-state index contributed by atoms with van der Waals surface area (Å²) in [6.45, 7) is 6.38. The summed E-state index contributed by atoms with van der Waals surface area (Å²) in [5.74, 6) is 0.506. The van der Waals surface area contributed by atoms with Gasteiger partial charge in [0, 0.05) is 31.7 Å². The second kappa shape index (κ2) is 8.01. The van der Waals surface area contributed by atoms with Crippen molar-refractivity contribution in [1.29, 1.82) is 0 Å². The van der Waals surface area contributed by atoms with E-state index in [1.165, 1.54) is 11.8 Å². The maximum Gasteiger partial charge on any atom is 0.315 e. The van der Waals surface area contributed by atoms with E-state index in [2.05, 4.69) is 15.7 Å². The molecule has 0 fully saturated rings. The van der Waals surface area contributed by atoms with Crippen LogP contribution in [0.5, 0.6) is 0 Å². The monoisotopic (exact) mass is 334 g/mol. The van der Waals surface area contributed by atoms with Crippen LogP contribution in [0.25, 0.3) is 0 Å². The molecule has 0 saturated carbocycles. The topological polar surface area (TPSA) is 92.3 Å². The van der Waals surface area contributed by atoms with Gasteiger partial charge in [-0.15, -0.1) is 0 Å². The predicted octanol–water partition coefficient (Wildman–Crippen LogP) is 1.98. The Morgan fingerprint density at radius 2 is 2.21 bits per heavy atom. The molecule has 3 N–H and O–H groups in total. The van der Waals surface area contributed by atoms with Crippen molar-refractivity contribution in [2.75, 3.05) is 6.54 Å². The van der Waals surface area contributed by atoms with E-state index in [1.54, 1.807) is 12.1 Å². The second-order valence-corrected chi connectivity index (χ2v) is 6.09. The quantitative estimate of drug-likeness (QED) is 0.722. The highest BCUT2D eigenvalue weighted by Gasteiger charge is 2.16. The Hall–Kier alpha value is -2.28. The van der Waals surface area contributed by atoms with Crippen molar-refractivity contribution in [3.8, 4) is 0 Å². The van der Waals surface area contributed by atoms with E-state index in [0.29, 0.717) is 18.7 Å². The Kier molecular flexibility index (Phi) is 6.03. The van der Waals surface area contributed by atoms with Crippen LogP contribution in [-0.2, 0) is 13.5 Å². The van der Waals surface area contributed by atoms with Crippen LogP contribution in [0.3, 0.4) is 0 Å². The molecule has 7 nitrogen and oxygen atoms in total. The molecule has 2 amide bonds. The second-order valence-electron chi connectivity index (χ2n) is 6.09. The molecular formula is C17H26N4O3. The van der Waals surface area contributed by atoms with Crippen LogP contribution in [0.15, 0.2) is 22.8 Å². The van der Waals surface area contributed by atoms with E-state index in [-0.39, 0.29) is 12.1 Å². The van der Waals surface area contributed by atoms with Crippen LogP contribution in [0.4, 0.5) is 4.79 Å². The number of urea groups is 1. The highest BCUT2D eigenvalue weighted by molar-refractivity contribution is 5.74. The summed E-state index contributed by atoms with van der Waals surface area (Å²) in [7, 11) is 1.91. The van der Waals surface area contributed by atoms with Gasteiger partial charge in [0.2, 0.25) is 0 Å². The number of aryl methyl sites for hydroxylation is 2. The number of rotatable bonds is 7. The third-order valence-corrected chi connectivity index (χ3v) is 4.15. The minimum absolute atomic E-state index is 0.174. The standard InChI is InChI=1S/C17H26N4O3/c1-11(10-15(22)16-6-5-9-24-16)19-17(23)18-8-7-14-12(2)20-21(4)13(14)3/h5-6,9,11,15,22H,7-8,10H2,1-4H3,(H2,18,19,23)/t11-,15-/m1/s1. The molecule has 2 aromatic heterocycles. The third-order valence-electron chi connectivity index (χ3n) is 4.15. The van der Waals surface area contributed by atoms with Gasteiger partial charge in [-0.2, -0.15) is 5.10 Å². The van der Waals surface area contributed by atoms with E-state index in [1.807, 2.05) is 32.5 Å². The lowest BCUT2D eigenvalue weighted by molar-refractivity contribution is 0.129. The zero-order valence-electron chi connectivity index (χ0n) is 14.7. The highest BCUT2D eigenvalue weighted by Crippen LogP contribution is 2.18. The number of aromatic nitrogens is 2. The fourth-order valence-electron chi connectivity index (χ4n) is 2.75. The zero-order valence-corrected chi connectivity index (χ0v) is 14.7. The molecule has 24 heavy (non-hydrogen) atoms. The molecule has 7 heteroatoms. The summed E-state index contributed by atoms with van der Waals surface area (Å²) in [6.07, 6.45) is 1.92. The molecule has 0 aliphatic heterocycles. The number of carbonyl (C=O) groups excluding carboxylic acids is 1. The van der Waals surface area contributed by atoms with E-state index in [0.717, 1.165) is 17.8 Å². The highest BCUT2D eigenvalue weighted by atomic mass is 16.4. The number of aliphatic hydroxyl groups excluding tert-OH is 1. The lowest BCUT2D eigenvalue weighted by Crippen LogP contribution is -2.42. The molecule has 0 aliphatic rings. The smallest absolute Gasteiger partial charge is 0.315 e. The third kappa shape index (κ3) is 4.61. The van der Waals surface area contributed by atoms with Gasteiger partial charge in [-0.05, 0) is 44.9 Å². The van der Waals surface area contributed by atoms with Crippen LogP contribution in [0.2, 0.25) is 0 Å². The first kappa shape index (κ1) is 18.1. The average Bonchev–Trinajstić information content (AvgIpc) is 3.11. The van der Waals surface area contributed by atoms with Crippen molar-refractivity contribution < 1.29 is 14.3 Å². The maximum absolute atomic E-state index is 11.9. The lowest BCUT2D eigenvalue weighted by atomic mass is 10.1. The van der Waals surface area contributed by atoms with Gasteiger partial charge in [0.25, 0.3) is 0 Å².